The lowest BCUT2D eigenvalue weighted by Crippen LogP contribution is -2.51. The van der Waals surface area contributed by atoms with E-state index < -0.39 is 0 Å². The number of benzene rings is 3. The van der Waals surface area contributed by atoms with Crippen LogP contribution in [-0.4, -0.2) is 57.6 Å². The highest BCUT2D eigenvalue weighted by Crippen LogP contribution is 2.18. The van der Waals surface area contributed by atoms with Crippen LogP contribution in [0.25, 0.3) is 16.5 Å². The zero-order chi connectivity index (χ0) is 24.4. The number of amides is 2. The Kier molecular flexibility index (Phi) is 6.14. The molecule has 7 heteroatoms. The molecule has 2 amide bonds. The quantitative estimate of drug-likeness (QED) is 0.461. The van der Waals surface area contributed by atoms with Crippen molar-refractivity contribution >= 4 is 22.6 Å². The van der Waals surface area contributed by atoms with E-state index in [4.69, 9.17) is 0 Å². The number of hydrogen-bond donors (Lipinski definition) is 0. The van der Waals surface area contributed by atoms with Crippen LogP contribution in [0.5, 0.6) is 0 Å². The smallest absolute Gasteiger partial charge is 0.279 e. The van der Waals surface area contributed by atoms with E-state index in [1.54, 1.807) is 46.2 Å². The van der Waals surface area contributed by atoms with Gasteiger partial charge in [-0.05, 0) is 42.3 Å². The minimum atomic E-state index is -0.271. The molecule has 0 spiro atoms. The molecule has 35 heavy (non-hydrogen) atoms. The number of piperazine rings is 1. The second kappa shape index (κ2) is 9.54. The van der Waals surface area contributed by atoms with Crippen molar-refractivity contribution in [2.75, 3.05) is 26.2 Å². The first-order valence-corrected chi connectivity index (χ1v) is 11.8. The summed E-state index contributed by atoms with van der Waals surface area (Å²) < 4.78 is 1.29. The molecule has 1 fully saturated rings. The van der Waals surface area contributed by atoms with E-state index >= 15 is 0 Å². The molecule has 1 aliphatic rings. The molecule has 2 heterocycles. The Balaban J connectivity index is 1.40. The van der Waals surface area contributed by atoms with Crippen LogP contribution >= 0.6 is 0 Å². The summed E-state index contributed by atoms with van der Waals surface area (Å²) in [5.74, 6) is -0.272. The Morgan fingerprint density at radius 2 is 1.31 bits per heavy atom. The summed E-state index contributed by atoms with van der Waals surface area (Å²) >= 11 is 0. The maximum atomic E-state index is 13.6. The highest BCUT2D eigenvalue weighted by atomic mass is 16.2. The second-order valence-electron chi connectivity index (χ2n) is 8.58. The number of fused-ring (bicyclic) bond motifs is 1. The molecule has 4 aromatic rings. The predicted octanol–water partition coefficient (Wildman–Crippen LogP) is 3.55. The van der Waals surface area contributed by atoms with Crippen molar-refractivity contribution in [3.63, 3.8) is 0 Å². The average Bonchev–Trinajstić information content (AvgIpc) is 2.93. The summed E-state index contributed by atoms with van der Waals surface area (Å²) in [6.07, 6.45) is 0.926. The molecule has 7 nitrogen and oxygen atoms in total. The molecule has 1 saturated heterocycles. The number of aromatic nitrogens is 2. The molecule has 0 saturated carbocycles. The van der Waals surface area contributed by atoms with Crippen LogP contribution < -0.4 is 5.56 Å². The normalized spacial score (nSPS) is 13.7. The molecule has 1 aromatic heterocycles. The number of carbonyl (C=O) groups excluding carboxylic acids is 2. The Morgan fingerprint density at radius 1 is 0.743 bits per heavy atom. The van der Waals surface area contributed by atoms with Crippen LogP contribution in [0.15, 0.2) is 83.7 Å². The third-order valence-corrected chi connectivity index (χ3v) is 6.47. The molecule has 0 atom stereocenters. The first kappa shape index (κ1) is 22.5. The van der Waals surface area contributed by atoms with E-state index in [1.807, 2.05) is 42.5 Å². The minimum Gasteiger partial charge on any atom is -0.335 e. The van der Waals surface area contributed by atoms with Crippen molar-refractivity contribution < 1.29 is 9.59 Å². The fraction of sp³-hybridized carbons (Fsp3) is 0.214. The SMILES string of the molecule is CCc1ccc(C(=O)N2CCN(C(=O)c3nn(-c4ccccc4)c(=O)c4ccccc34)CC2)cc1. The number of nitrogens with zero attached hydrogens (tertiary/aromatic N) is 4. The van der Waals surface area contributed by atoms with Crippen LogP contribution in [0.3, 0.4) is 0 Å². The molecule has 0 N–H and O–H groups in total. The highest BCUT2D eigenvalue weighted by molar-refractivity contribution is 6.05. The van der Waals surface area contributed by atoms with Crippen LogP contribution in [-0.2, 0) is 6.42 Å². The number of para-hydroxylation sites is 1. The van der Waals surface area contributed by atoms with Crippen molar-refractivity contribution in [3.05, 3.63) is 106 Å². The molecule has 0 unspecified atom stereocenters. The third-order valence-electron chi connectivity index (χ3n) is 6.47. The van der Waals surface area contributed by atoms with Crippen molar-refractivity contribution in [2.45, 2.75) is 13.3 Å². The summed E-state index contributed by atoms with van der Waals surface area (Å²) in [6, 6.07) is 23.8. The van der Waals surface area contributed by atoms with Gasteiger partial charge in [-0.1, -0.05) is 55.5 Å². The van der Waals surface area contributed by atoms with Gasteiger partial charge in [0.15, 0.2) is 5.69 Å². The maximum Gasteiger partial charge on any atom is 0.279 e. The van der Waals surface area contributed by atoms with E-state index in [-0.39, 0.29) is 23.1 Å². The van der Waals surface area contributed by atoms with Gasteiger partial charge in [0.05, 0.1) is 11.1 Å². The topological polar surface area (TPSA) is 75.5 Å². The van der Waals surface area contributed by atoms with Gasteiger partial charge >= 0.3 is 0 Å². The average molecular weight is 467 g/mol. The van der Waals surface area contributed by atoms with Gasteiger partial charge in [0.2, 0.25) is 0 Å². The summed E-state index contributed by atoms with van der Waals surface area (Å²) in [6.45, 7) is 3.76. The van der Waals surface area contributed by atoms with Gasteiger partial charge in [-0.3, -0.25) is 14.4 Å². The Hall–Kier alpha value is -4.26. The standard InChI is InChI=1S/C28H26N4O3/c1-2-20-12-14-21(15-13-20)26(33)30-16-18-31(19-17-30)28(35)25-23-10-6-7-11-24(23)27(34)32(29-25)22-8-4-3-5-9-22/h3-15H,2,16-19H2,1H3. The summed E-state index contributed by atoms with van der Waals surface area (Å²) in [7, 11) is 0. The van der Waals surface area contributed by atoms with Gasteiger partial charge in [-0.25, -0.2) is 0 Å². The first-order chi connectivity index (χ1) is 17.1. The van der Waals surface area contributed by atoms with Crippen molar-refractivity contribution in [3.8, 4) is 5.69 Å². The van der Waals surface area contributed by atoms with Crippen LogP contribution in [0.2, 0.25) is 0 Å². The number of rotatable bonds is 4. The largest absolute Gasteiger partial charge is 0.335 e. The van der Waals surface area contributed by atoms with Gasteiger partial charge in [-0.2, -0.15) is 9.78 Å². The lowest BCUT2D eigenvalue weighted by atomic mass is 10.1. The number of hydrogen-bond acceptors (Lipinski definition) is 4. The fourth-order valence-electron chi connectivity index (χ4n) is 4.42. The molecule has 0 aliphatic carbocycles. The maximum absolute atomic E-state index is 13.6. The zero-order valence-electron chi connectivity index (χ0n) is 19.6. The molecular weight excluding hydrogens is 440 g/mol. The van der Waals surface area contributed by atoms with Gasteiger partial charge < -0.3 is 9.80 Å². The molecule has 5 rings (SSSR count). The van der Waals surface area contributed by atoms with Gasteiger partial charge in [0, 0.05) is 37.1 Å². The van der Waals surface area contributed by atoms with E-state index in [1.165, 1.54) is 10.2 Å². The Bertz CT molecular complexity index is 1440. The van der Waals surface area contributed by atoms with Crippen LogP contribution in [0, 0.1) is 0 Å². The van der Waals surface area contributed by atoms with E-state index in [0.29, 0.717) is 48.2 Å². The second-order valence-corrected chi connectivity index (χ2v) is 8.58. The summed E-state index contributed by atoms with van der Waals surface area (Å²) in [4.78, 5) is 43.1. The van der Waals surface area contributed by atoms with Crippen LogP contribution in [0.1, 0.15) is 33.3 Å². The summed E-state index contributed by atoms with van der Waals surface area (Å²) in [5, 5.41) is 5.47. The lowest BCUT2D eigenvalue weighted by molar-refractivity contribution is 0.0532. The van der Waals surface area contributed by atoms with Crippen LogP contribution in [0.4, 0.5) is 0 Å². The Morgan fingerprint density at radius 3 is 1.94 bits per heavy atom. The Labute approximate surface area is 203 Å². The fourth-order valence-corrected chi connectivity index (χ4v) is 4.42. The van der Waals surface area contributed by atoms with Crippen molar-refractivity contribution in [2.24, 2.45) is 0 Å². The predicted molar refractivity (Wildman–Crippen MR) is 135 cm³/mol. The molecule has 3 aromatic carbocycles. The molecule has 0 bridgehead atoms. The summed E-state index contributed by atoms with van der Waals surface area (Å²) in [5.41, 5.74) is 2.41. The lowest BCUT2D eigenvalue weighted by Gasteiger charge is -2.34. The monoisotopic (exact) mass is 466 g/mol. The van der Waals surface area contributed by atoms with Gasteiger partial charge in [-0.15, -0.1) is 0 Å². The van der Waals surface area contributed by atoms with E-state index in [2.05, 4.69) is 12.0 Å². The highest BCUT2D eigenvalue weighted by Gasteiger charge is 2.28. The molecule has 1 aliphatic heterocycles. The van der Waals surface area contributed by atoms with Gasteiger partial charge in [0.25, 0.3) is 17.4 Å². The molecule has 0 radical (unpaired) electrons. The minimum absolute atomic E-state index is 0.0269. The molecular formula is C28H26N4O3. The number of aryl methyl sites for hydroxylation is 1. The van der Waals surface area contributed by atoms with E-state index in [9.17, 15) is 14.4 Å². The van der Waals surface area contributed by atoms with E-state index in [0.717, 1.165) is 6.42 Å². The number of carbonyl (C=O) groups is 2. The zero-order valence-corrected chi connectivity index (χ0v) is 19.6. The van der Waals surface area contributed by atoms with Crippen molar-refractivity contribution in [1.29, 1.82) is 0 Å². The van der Waals surface area contributed by atoms with Gasteiger partial charge in [0.1, 0.15) is 0 Å². The first-order valence-electron chi connectivity index (χ1n) is 11.8. The van der Waals surface area contributed by atoms with Crippen molar-refractivity contribution in [1.82, 2.24) is 19.6 Å². The third kappa shape index (κ3) is 4.33. The molecule has 176 valence electrons.